The molecule has 4 nitrogen and oxygen atoms in total. The highest BCUT2D eigenvalue weighted by Gasteiger charge is 2.47. The van der Waals surface area contributed by atoms with Crippen molar-refractivity contribution in [3.8, 4) is 0 Å². The normalized spacial score (nSPS) is 28.7. The Balaban J connectivity index is 1.73. The number of ether oxygens (including phenoxy) is 1. The van der Waals surface area contributed by atoms with Gasteiger partial charge in [0.25, 0.3) is 0 Å². The van der Waals surface area contributed by atoms with Crippen LogP contribution in [0.3, 0.4) is 0 Å². The smallest absolute Gasteiger partial charge is 0.306 e. The van der Waals surface area contributed by atoms with Crippen LogP contribution in [-0.2, 0) is 9.53 Å². The molecule has 2 aromatic rings. The van der Waals surface area contributed by atoms with Gasteiger partial charge < -0.3 is 9.64 Å². The van der Waals surface area contributed by atoms with Gasteiger partial charge in [0.15, 0.2) is 6.10 Å². The number of fused-ring (bicyclic) bond motifs is 4. The van der Waals surface area contributed by atoms with E-state index in [0.717, 1.165) is 36.0 Å². The van der Waals surface area contributed by atoms with Crippen LogP contribution in [0.2, 0.25) is 0 Å². The summed E-state index contributed by atoms with van der Waals surface area (Å²) in [5.41, 5.74) is 2.05. The van der Waals surface area contributed by atoms with Crippen molar-refractivity contribution in [2.45, 2.75) is 38.3 Å². The number of rotatable bonds is 5. The Labute approximate surface area is 154 Å². The molecule has 0 spiro atoms. The Kier molecular flexibility index (Phi) is 4.77. The number of carbonyl (C=O) groups excluding carboxylic acids is 1. The maximum Gasteiger partial charge on any atom is 0.306 e. The highest BCUT2D eigenvalue weighted by atomic mass is 16.5. The van der Waals surface area contributed by atoms with Gasteiger partial charge in [-0.2, -0.15) is 0 Å². The largest absolute Gasteiger partial charge is 0.451 e. The van der Waals surface area contributed by atoms with E-state index in [0.29, 0.717) is 24.3 Å². The van der Waals surface area contributed by atoms with Crippen molar-refractivity contribution in [3.05, 3.63) is 54.7 Å². The molecule has 0 amide bonds. The van der Waals surface area contributed by atoms with Gasteiger partial charge in [-0.15, -0.1) is 6.58 Å². The molecule has 2 bridgehead atoms. The van der Waals surface area contributed by atoms with E-state index in [1.165, 1.54) is 6.42 Å². The molecule has 0 radical (unpaired) electrons. The van der Waals surface area contributed by atoms with E-state index in [4.69, 9.17) is 4.74 Å². The highest BCUT2D eigenvalue weighted by molar-refractivity contribution is 5.82. The van der Waals surface area contributed by atoms with Gasteiger partial charge in [0.1, 0.15) is 6.04 Å². The monoisotopic (exact) mass is 351 g/mol. The zero-order valence-corrected chi connectivity index (χ0v) is 15.4. The fourth-order valence-corrected chi connectivity index (χ4v) is 4.85. The fraction of sp³-hybridized carbons (Fsp3) is 0.455. The van der Waals surface area contributed by atoms with Crippen LogP contribution in [0.1, 0.15) is 37.9 Å². The summed E-state index contributed by atoms with van der Waals surface area (Å²) in [6.07, 6.45) is 6.48. The molecule has 1 unspecified atom stereocenters. The quantitative estimate of drug-likeness (QED) is 0.665. The maximum atomic E-state index is 12.2. The van der Waals surface area contributed by atoms with Gasteiger partial charge in [-0.25, -0.2) is 0 Å². The lowest BCUT2D eigenvalue weighted by Gasteiger charge is -2.48. The number of esters is 1. The summed E-state index contributed by atoms with van der Waals surface area (Å²) in [4.78, 5) is 18.3. The first-order chi connectivity index (χ1) is 12.7. The number of carbonyl (C=O) groups is 1. The zero-order chi connectivity index (χ0) is 18.1. The number of hydrogen-bond donors (Lipinski definition) is 1. The van der Waals surface area contributed by atoms with E-state index in [1.54, 1.807) is 4.90 Å². The summed E-state index contributed by atoms with van der Waals surface area (Å²) in [5.74, 6) is 1.12. The number of nitrogens with zero attached hydrogens (tertiary/aromatic N) is 1. The number of quaternary nitrogens is 1. The predicted molar refractivity (Wildman–Crippen MR) is 102 cm³/mol. The summed E-state index contributed by atoms with van der Waals surface area (Å²) in [7, 11) is 0. The molecule has 3 fully saturated rings. The van der Waals surface area contributed by atoms with Crippen LogP contribution in [0.25, 0.3) is 10.9 Å². The number of nitrogens with one attached hydrogen (secondary N) is 1. The van der Waals surface area contributed by atoms with E-state index in [1.807, 2.05) is 37.4 Å². The summed E-state index contributed by atoms with van der Waals surface area (Å²) in [5, 5.41) is 1.09. The molecule has 5 atom stereocenters. The number of aromatic nitrogens is 1. The van der Waals surface area contributed by atoms with Crippen molar-refractivity contribution in [1.82, 2.24) is 4.98 Å². The third kappa shape index (κ3) is 3.03. The average molecular weight is 351 g/mol. The van der Waals surface area contributed by atoms with E-state index in [-0.39, 0.29) is 12.1 Å². The maximum absolute atomic E-state index is 12.2. The van der Waals surface area contributed by atoms with E-state index < -0.39 is 0 Å². The third-order valence-electron chi connectivity index (χ3n) is 6.23. The second-order valence-corrected chi connectivity index (χ2v) is 7.58. The summed E-state index contributed by atoms with van der Waals surface area (Å²) < 4.78 is 6.04. The Morgan fingerprint density at radius 3 is 3.00 bits per heavy atom. The number of pyridine rings is 1. The number of piperidine rings is 3. The lowest BCUT2D eigenvalue weighted by Crippen LogP contribution is -3.20. The minimum Gasteiger partial charge on any atom is -0.451 e. The van der Waals surface area contributed by atoms with Gasteiger partial charge in [0.05, 0.1) is 18.6 Å². The van der Waals surface area contributed by atoms with Crippen LogP contribution in [0.4, 0.5) is 0 Å². The van der Waals surface area contributed by atoms with Crippen molar-refractivity contribution < 1.29 is 14.4 Å². The second-order valence-electron chi connectivity index (χ2n) is 7.58. The number of para-hydroxylation sites is 1. The van der Waals surface area contributed by atoms with Crippen LogP contribution < -0.4 is 4.90 Å². The van der Waals surface area contributed by atoms with Crippen molar-refractivity contribution in [2.24, 2.45) is 11.8 Å². The Morgan fingerprint density at radius 2 is 2.27 bits per heavy atom. The van der Waals surface area contributed by atoms with E-state index in [2.05, 4.69) is 23.7 Å². The first kappa shape index (κ1) is 17.2. The molecule has 3 aliphatic rings. The molecule has 1 aromatic heterocycles. The van der Waals surface area contributed by atoms with Gasteiger partial charge in [-0.1, -0.05) is 31.2 Å². The summed E-state index contributed by atoms with van der Waals surface area (Å²) in [6, 6.07) is 10.5. The molecule has 0 aliphatic carbocycles. The second kappa shape index (κ2) is 7.20. The summed E-state index contributed by atoms with van der Waals surface area (Å²) in [6.45, 7) is 8.14. The van der Waals surface area contributed by atoms with Crippen molar-refractivity contribution in [1.29, 1.82) is 0 Å². The summed E-state index contributed by atoms with van der Waals surface area (Å²) >= 11 is 0. The molecular formula is C22H27N2O2+. The molecule has 4 heteroatoms. The van der Waals surface area contributed by atoms with Crippen LogP contribution in [-0.4, -0.2) is 30.1 Å². The number of hydrogen-bond acceptors (Lipinski definition) is 3. The van der Waals surface area contributed by atoms with Gasteiger partial charge in [-0.3, -0.25) is 9.78 Å². The molecule has 3 aliphatic heterocycles. The highest BCUT2D eigenvalue weighted by Crippen LogP contribution is 2.36. The SMILES string of the molecule is C=C[C@H]1C[NH+]2CC[C@@H]1C[C@H]2[C@H](OC(=O)CC)c1ccnc2ccccc12. The van der Waals surface area contributed by atoms with Crippen LogP contribution in [0.15, 0.2) is 49.2 Å². The van der Waals surface area contributed by atoms with Crippen molar-refractivity contribution >= 4 is 16.9 Å². The molecule has 26 heavy (non-hydrogen) atoms. The Morgan fingerprint density at radius 1 is 1.42 bits per heavy atom. The predicted octanol–water partition coefficient (Wildman–Crippen LogP) is 2.71. The van der Waals surface area contributed by atoms with E-state index >= 15 is 0 Å². The minimum absolute atomic E-state index is 0.127. The Hall–Kier alpha value is -2.20. The molecule has 3 saturated heterocycles. The molecule has 0 saturated carbocycles. The topological polar surface area (TPSA) is 43.6 Å². The van der Waals surface area contributed by atoms with Crippen molar-refractivity contribution in [2.75, 3.05) is 13.1 Å². The minimum atomic E-state index is -0.209. The van der Waals surface area contributed by atoms with Crippen LogP contribution in [0, 0.1) is 11.8 Å². The van der Waals surface area contributed by atoms with Gasteiger partial charge in [-0.05, 0) is 18.1 Å². The molecular weight excluding hydrogens is 324 g/mol. The van der Waals surface area contributed by atoms with Crippen LogP contribution >= 0.6 is 0 Å². The zero-order valence-electron chi connectivity index (χ0n) is 15.4. The standard InChI is InChI=1S/C22H26N2O2/c1-3-15-14-24-12-10-16(15)13-20(24)22(26-21(25)4-2)18-9-11-23-19-8-6-5-7-17(18)19/h3,5-9,11,15-16,20,22H,1,4,10,12-14H2,2H3/p+1/t15-,16+,20-,22+/m0/s1. The molecule has 1 aromatic carbocycles. The molecule has 4 heterocycles. The third-order valence-corrected chi connectivity index (χ3v) is 6.23. The molecule has 5 rings (SSSR count). The average Bonchev–Trinajstić information content (AvgIpc) is 2.71. The van der Waals surface area contributed by atoms with Gasteiger partial charge in [0, 0.05) is 42.3 Å². The molecule has 1 N–H and O–H groups in total. The lowest BCUT2D eigenvalue weighted by atomic mass is 9.73. The van der Waals surface area contributed by atoms with Gasteiger partial charge in [0.2, 0.25) is 0 Å². The number of benzene rings is 1. The Bertz CT molecular complexity index is 813. The van der Waals surface area contributed by atoms with Gasteiger partial charge >= 0.3 is 5.97 Å². The lowest BCUT2D eigenvalue weighted by molar-refractivity contribution is -0.949. The van der Waals surface area contributed by atoms with Crippen molar-refractivity contribution in [3.63, 3.8) is 0 Å². The van der Waals surface area contributed by atoms with Crippen LogP contribution in [0.5, 0.6) is 0 Å². The van der Waals surface area contributed by atoms with E-state index in [9.17, 15) is 4.79 Å². The molecule has 136 valence electrons. The first-order valence-electron chi connectivity index (χ1n) is 9.71. The fourth-order valence-electron chi connectivity index (χ4n) is 4.85. The first-order valence-corrected chi connectivity index (χ1v) is 9.71.